The van der Waals surface area contributed by atoms with Gasteiger partial charge in [0.1, 0.15) is 0 Å². The van der Waals surface area contributed by atoms with Crippen LogP contribution < -0.4 is 5.32 Å². The molecule has 2 aliphatic heterocycles. The molecule has 0 aromatic carbocycles. The van der Waals surface area contributed by atoms with Gasteiger partial charge in [0.2, 0.25) is 0 Å². The number of ether oxygens (including phenoxy) is 1. The molecule has 4 heteroatoms. The van der Waals surface area contributed by atoms with E-state index in [1.807, 2.05) is 12.4 Å². The zero-order valence-corrected chi connectivity index (χ0v) is 12.8. The number of hydrogen-bond donors (Lipinski definition) is 1. The van der Waals surface area contributed by atoms with Crippen LogP contribution in [0.3, 0.4) is 0 Å². The van der Waals surface area contributed by atoms with E-state index < -0.39 is 0 Å². The molecule has 0 amide bonds. The van der Waals surface area contributed by atoms with E-state index in [9.17, 15) is 0 Å². The van der Waals surface area contributed by atoms with Crippen LogP contribution in [0.2, 0.25) is 0 Å². The van der Waals surface area contributed by atoms with Crippen molar-refractivity contribution in [3.05, 3.63) is 30.1 Å². The first-order valence-electron chi connectivity index (χ1n) is 8.38. The summed E-state index contributed by atoms with van der Waals surface area (Å²) >= 11 is 0. The smallest absolute Gasteiger partial charge is 0.0488 e. The number of piperidine rings is 1. The van der Waals surface area contributed by atoms with Crippen LogP contribution in [0.25, 0.3) is 0 Å². The molecule has 0 unspecified atom stereocenters. The second-order valence-electron chi connectivity index (χ2n) is 6.19. The summed E-state index contributed by atoms with van der Waals surface area (Å²) in [7, 11) is 0. The van der Waals surface area contributed by atoms with Crippen molar-refractivity contribution < 1.29 is 4.74 Å². The Labute approximate surface area is 127 Å². The fraction of sp³-hybridized carbons (Fsp3) is 0.706. The lowest BCUT2D eigenvalue weighted by molar-refractivity contribution is 0.0736. The van der Waals surface area contributed by atoms with Crippen LogP contribution in [-0.4, -0.2) is 48.8 Å². The van der Waals surface area contributed by atoms with Gasteiger partial charge in [-0.15, -0.1) is 0 Å². The highest BCUT2D eigenvalue weighted by Crippen LogP contribution is 2.24. The Morgan fingerprint density at radius 1 is 1.24 bits per heavy atom. The third kappa shape index (κ3) is 4.25. The molecule has 2 fully saturated rings. The molecule has 116 valence electrons. The molecule has 1 N–H and O–H groups in total. The minimum Gasteiger partial charge on any atom is -0.381 e. The fourth-order valence-corrected chi connectivity index (χ4v) is 3.44. The summed E-state index contributed by atoms with van der Waals surface area (Å²) < 4.78 is 5.45. The molecule has 2 saturated heterocycles. The van der Waals surface area contributed by atoms with Crippen LogP contribution in [0.5, 0.6) is 0 Å². The van der Waals surface area contributed by atoms with Gasteiger partial charge in [0.25, 0.3) is 0 Å². The topological polar surface area (TPSA) is 37.4 Å². The van der Waals surface area contributed by atoms with Crippen molar-refractivity contribution in [2.45, 2.75) is 44.2 Å². The average Bonchev–Trinajstić information content (AvgIpc) is 2.58. The van der Waals surface area contributed by atoms with Crippen LogP contribution in [0, 0.1) is 0 Å². The molecule has 0 bridgehead atoms. The number of likely N-dealkylation sites (tertiary alicyclic amines) is 1. The van der Waals surface area contributed by atoms with Crippen molar-refractivity contribution in [3.8, 4) is 0 Å². The van der Waals surface area contributed by atoms with Crippen LogP contribution in [0.1, 0.15) is 43.7 Å². The molecule has 1 aromatic rings. The van der Waals surface area contributed by atoms with Crippen molar-refractivity contribution >= 4 is 0 Å². The molecule has 3 rings (SSSR count). The van der Waals surface area contributed by atoms with Gasteiger partial charge < -0.3 is 10.1 Å². The summed E-state index contributed by atoms with van der Waals surface area (Å²) in [6.07, 6.45) is 10.2. The third-order valence-corrected chi connectivity index (χ3v) is 4.72. The van der Waals surface area contributed by atoms with Gasteiger partial charge in [-0.1, -0.05) is 12.5 Å². The van der Waals surface area contributed by atoms with Crippen LogP contribution >= 0.6 is 0 Å². The first-order chi connectivity index (χ1) is 10.4. The number of nitrogens with zero attached hydrogens (tertiary/aromatic N) is 2. The largest absolute Gasteiger partial charge is 0.381 e. The second kappa shape index (κ2) is 7.87. The molecule has 1 atom stereocenters. The molecular weight excluding hydrogens is 262 g/mol. The number of aromatic nitrogens is 1. The lowest BCUT2D eigenvalue weighted by Gasteiger charge is -2.36. The van der Waals surface area contributed by atoms with Gasteiger partial charge in [-0.05, 0) is 50.4 Å². The van der Waals surface area contributed by atoms with Crippen molar-refractivity contribution in [1.82, 2.24) is 15.2 Å². The van der Waals surface area contributed by atoms with Crippen molar-refractivity contribution in [3.63, 3.8) is 0 Å². The van der Waals surface area contributed by atoms with Gasteiger partial charge in [0.15, 0.2) is 0 Å². The standard InChI is InChI=1S/C17H27N3O/c1-2-9-20(10-3-1)17(15-5-4-8-18-13-15)14-19-16-6-11-21-12-7-16/h4-5,8,13,16-17,19H,1-3,6-7,9-12,14H2/t17-/m1/s1. The second-order valence-corrected chi connectivity index (χ2v) is 6.19. The van der Waals surface area contributed by atoms with E-state index in [1.54, 1.807) is 0 Å². The minimum absolute atomic E-state index is 0.460. The first-order valence-corrected chi connectivity index (χ1v) is 8.38. The van der Waals surface area contributed by atoms with Crippen LogP contribution in [0.15, 0.2) is 24.5 Å². The SMILES string of the molecule is c1cncc([C@@H](CNC2CCOCC2)N2CCCCC2)c1. The van der Waals surface area contributed by atoms with E-state index in [-0.39, 0.29) is 0 Å². The lowest BCUT2D eigenvalue weighted by Crippen LogP contribution is -2.43. The predicted octanol–water partition coefficient (Wildman–Crippen LogP) is 2.38. The van der Waals surface area contributed by atoms with E-state index in [0.717, 1.165) is 32.6 Å². The minimum atomic E-state index is 0.460. The Morgan fingerprint density at radius 3 is 2.76 bits per heavy atom. The van der Waals surface area contributed by atoms with Gasteiger partial charge in [-0.3, -0.25) is 9.88 Å². The zero-order chi connectivity index (χ0) is 14.3. The van der Waals surface area contributed by atoms with Gasteiger partial charge in [0, 0.05) is 44.2 Å². The summed E-state index contributed by atoms with van der Waals surface area (Å²) in [6.45, 7) is 5.26. The molecule has 21 heavy (non-hydrogen) atoms. The van der Waals surface area contributed by atoms with Crippen molar-refractivity contribution in [2.24, 2.45) is 0 Å². The normalized spacial score (nSPS) is 23.0. The lowest BCUT2D eigenvalue weighted by atomic mass is 10.0. The highest BCUT2D eigenvalue weighted by molar-refractivity contribution is 5.15. The summed E-state index contributed by atoms with van der Waals surface area (Å²) in [5, 5.41) is 3.77. The molecule has 0 radical (unpaired) electrons. The molecule has 2 aliphatic rings. The Hall–Kier alpha value is -0.970. The summed E-state index contributed by atoms with van der Waals surface area (Å²) in [6, 6.07) is 5.35. The summed E-state index contributed by atoms with van der Waals surface area (Å²) in [4.78, 5) is 6.95. The molecule has 0 aliphatic carbocycles. The van der Waals surface area contributed by atoms with Crippen LogP contribution in [0.4, 0.5) is 0 Å². The number of nitrogens with one attached hydrogen (secondary N) is 1. The van der Waals surface area contributed by atoms with E-state index in [1.165, 1.54) is 37.9 Å². The van der Waals surface area contributed by atoms with Crippen molar-refractivity contribution in [1.29, 1.82) is 0 Å². The van der Waals surface area contributed by atoms with Gasteiger partial charge in [0.05, 0.1) is 0 Å². The van der Waals surface area contributed by atoms with E-state index in [2.05, 4.69) is 27.3 Å². The van der Waals surface area contributed by atoms with E-state index >= 15 is 0 Å². The zero-order valence-electron chi connectivity index (χ0n) is 12.8. The number of hydrogen-bond acceptors (Lipinski definition) is 4. The van der Waals surface area contributed by atoms with Gasteiger partial charge in [-0.25, -0.2) is 0 Å². The highest BCUT2D eigenvalue weighted by Gasteiger charge is 2.23. The fourth-order valence-electron chi connectivity index (χ4n) is 3.44. The molecule has 3 heterocycles. The van der Waals surface area contributed by atoms with Crippen molar-refractivity contribution in [2.75, 3.05) is 32.8 Å². The summed E-state index contributed by atoms with van der Waals surface area (Å²) in [5.41, 5.74) is 1.35. The molecule has 0 saturated carbocycles. The summed E-state index contributed by atoms with van der Waals surface area (Å²) in [5.74, 6) is 0. The van der Waals surface area contributed by atoms with Gasteiger partial charge >= 0.3 is 0 Å². The number of rotatable bonds is 5. The maximum absolute atomic E-state index is 5.45. The average molecular weight is 289 g/mol. The third-order valence-electron chi connectivity index (χ3n) is 4.72. The molecular formula is C17H27N3O. The monoisotopic (exact) mass is 289 g/mol. The Balaban J connectivity index is 1.63. The molecule has 4 nitrogen and oxygen atoms in total. The molecule has 1 aromatic heterocycles. The predicted molar refractivity (Wildman–Crippen MR) is 84.2 cm³/mol. The van der Waals surface area contributed by atoms with Gasteiger partial charge in [-0.2, -0.15) is 0 Å². The Kier molecular flexibility index (Phi) is 5.60. The first kappa shape index (κ1) is 14.9. The van der Waals surface area contributed by atoms with E-state index in [0.29, 0.717) is 12.1 Å². The highest BCUT2D eigenvalue weighted by atomic mass is 16.5. The van der Waals surface area contributed by atoms with Crippen LogP contribution in [-0.2, 0) is 4.74 Å². The maximum atomic E-state index is 5.45. The van der Waals surface area contributed by atoms with E-state index in [4.69, 9.17) is 4.74 Å². The Morgan fingerprint density at radius 2 is 2.05 bits per heavy atom. The number of pyridine rings is 1. The quantitative estimate of drug-likeness (QED) is 0.903. The maximum Gasteiger partial charge on any atom is 0.0488 e. The Bertz CT molecular complexity index is 400. The molecule has 0 spiro atoms.